The van der Waals surface area contributed by atoms with Gasteiger partial charge in [0.15, 0.2) is 6.10 Å². The van der Waals surface area contributed by atoms with Crippen LogP contribution in [0.25, 0.3) is 0 Å². The van der Waals surface area contributed by atoms with Crippen molar-refractivity contribution in [2.75, 3.05) is 13.2 Å². The van der Waals surface area contributed by atoms with E-state index in [1.165, 1.54) is 103 Å². The normalized spacial score (nSPS) is 13.9. The molecular formula is C46H85O9P. The van der Waals surface area contributed by atoms with Gasteiger partial charge in [-0.05, 0) is 38.0 Å². The SMILES string of the molecule is CC/C=C/C/C=C/C=C/C(O)CCCCCCCC(=O)OC[C@H](COP(=O)(O)O)OC(=O)CCCCCCCCCCCCCCCCCCCCC(C)CC. The van der Waals surface area contributed by atoms with Crippen molar-refractivity contribution < 1.29 is 43.0 Å². The van der Waals surface area contributed by atoms with Gasteiger partial charge in [0.25, 0.3) is 0 Å². The Labute approximate surface area is 343 Å². The Morgan fingerprint density at radius 1 is 0.589 bits per heavy atom. The number of unbranched alkanes of at least 4 members (excludes halogenated alkanes) is 21. The predicted octanol–water partition coefficient (Wildman–Crippen LogP) is 13.0. The highest BCUT2D eigenvalue weighted by Crippen LogP contribution is 2.36. The fraction of sp³-hybridized carbons (Fsp3) is 0.826. The smallest absolute Gasteiger partial charge is 0.462 e. The van der Waals surface area contributed by atoms with Crippen LogP contribution in [0.2, 0.25) is 0 Å². The second-order valence-electron chi connectivity index (χ2n) is 15.8. The van der Waals surface area contributed by atoms with Crippen molar-refractivity contribution >= 4 is 19.8 Å². The van der Waals surface area contributed by atoms with Crippen LogP contribution in [-0.4, -0.2) is 52.3 Å². The number of esters is 2. The Kier molecular flexibility index (Phi) is 38.8. The maximum Gasteiger partial charge on any atom is 0.469 e. The van der Waals surface area contributed by atoms with E-state index in [-0.39, 0.29) is 19.4 Å². The number of hydrogen-bond acceptors (Lipinski definition) is 7. The fourth-order valence-electron chi connectivity index (χ4n) is 6.53. The number of allylic oxidation sites excluding steroid dienone is 5. The molecule has 328 valence electrons. The zero-order chi connectivity index (χ0) is 41.4. The first-order chi connectivity index (χ1) is 27.1. The predicted molar refractivity (Wildman–Crippen MR) is 231 cm³/mol. The number of ether oxygens (including phenoxy) is 2. The topological polar surface area (TPSA) is 140 Å². The molecule has 0 bridgehead atoms. The quantitative estimate of drug-likeness (QED) is 0.0181. The van der Waals surface area contributed by atoms with Crippen molar-refractivity contribution in [2.24, 2.45) is 5.92 Å². The molecule has 0 rings (SSSR count). The van der Waals surface area contributed by atoms with Crippen LogP contribution in [0, 0.1) is 5.92 Å². The van der Waals surface area contributed by atoms with Crippen LogP contribution < -0.4 is 0 Å². The van der Waals surface area contributed by atoms with Gasteiger partial charge in [-0.15, -0.1) is 0 Å². The molecule has 0 aliphatic heterocycles. The minimum Gasteiger partial charge on any atom is -0.462 e. The zero-order valence-corrected chi connectivity index (χ0v) is 37.0. The maximum absolute atomic E-state index is 12.4. The second kappa shape index (κ2) is 40.0. The zero-order valence-electron chi connectivity index (χ0n) is 36.1. The molecule has 9 nitrogen and oxygen atoms in total. The molecule has 0 aliphatic carbocycles. The summed E-state index contributed by atoms with van der Waals surface area (Å²) in [5.74, 6) is -0.0592. The van der Waals surface area contributed by atoms with Gasteiger partial charge in [0, 0.05) is 12.8 Å². The number of rotatable bonds is 41. The lowest BCUT2D eigenvalue weighted by atomic mass is 9.99. The standard InChI is InChI=1S/C46H85O9P/c1-4-6-7-8-21-26-31-36-43(47)37-32-27-24-29-33-38-45(48)53-40-44(41-54-56(50,51)52)55-46(49)39-34-28-23-20-18-16-14-12-10-9-11-13-15-17-19-22-25-30-35-42(3)5-2/h6-7,21,26,31,36,42-44,47H,4-5,8-20,22-25,27-30,32-35,37-41H2,1-3H3,(H2,50,51,52)/b7-6+,26-21+,36-31+/t42?,43?,44-/m1/s1. The molecule has 0 heterocycles. The van der Waals surface area contributed by atoms with Crippen molar-refractivity contribution in [3.63, 3.8) is 0 Å². The van der Waals surface area contributed by atoms with Crippen molar-refractivity contribution in [3.8, 4) is 0 Å². The lowest BCUT2D eigenvalue weighted by molar-refractivity contribution is -0.161. The van der Waals surface area contributed by atoms with E-state index in [1.54, 1.807) is 6.08 Å². The average Bonchev–Trinajstić information content (AvgIpc) is 3.16. The van der Waals surface area contributed by atoms with Crippen LogP contribution in [0.3, 0.4) is 0 Å². The Bertz CT molecular complexity index is 1040. The van der Waals surface area contributed by atoms with Crippen molar-refractivity contribution in [1.29, 1.82) is 0 Å². The summed E-state index contributed by atoms with van der Waals surface area (Å²) >= 11 is 0. The van der Waals surface area contributed by atoms with Gasteiger partial charge in [0.05, 0.1) is 12.7 Å². The van der Waals surface area contributed by atoms with Gasteiger partial charge in [-0.25, -0.2) is 4.57 Å². The second-order valence-corrected chi connectivity index (χ2v) is 17.0. The monoisotopic (exact) mass is 813 g/mol. The molecule has 10 heteroatoms. The molecule has 0 aromatic rings. The number of aliphatic hydroxyl groups excluding tert-OH is 1. The summed E-state index contributed by atoms with van der Waals surface area (Å²) in [5, 5.41) is 10.1. The molecule has 0 saturated heterocycles. The summed E-state index contributed by atoms with van der Waals surface area (Å²) in [4.78, 5) is 42.9. The summed E-state index contributed by atoms with van der Waals surface area (Å²) in [6, 6.07) is 0. The van der Waals surface area contributed by atoms with Crippen molar-refractivity contribution in [3.05, 3.63) is 36.5 Å². The van der Waals surface area contributed by atoms with E-state index < -0.39 is 38.6 Å². The van der Waals surface area contributed by atoms with Gasteiger partial charge < -0.3 is 24.4 Å². The van der Waals surface area contributed by atoms with Gasteiger partial charge in [0.1, 0.15) is 6.61 Å². The molecule has 0 saturated carbocycles. The molecule has 3 atom stereocenters. The molecule has 0 radical (unpaired) electrons. The largest absolute Gasteiger partial charge is 0.469 e. The lowest BCUT2D eigenvalue weighted by Gasteiger charge is -2.18. The van der Waals surface area contributed by atoms with E-state index in [2.05, 4.69) is 37.4 Å². The minimum atomic E-state index is -4.78. The third-order valence-electron chi connectivity index (χ3n) is 10.3. The molecule has 0 aliphatic rings. The summed E-state index contributed by atoms with van der Waals surface area (Å²) in [7, 11) is -4.78. The van der Waals surface area contributed by atoms with E-state index >= 15 is 0 Å². The highest BCUT2D eigenvalue weighted by Gasteiger charge is 2.23. The average molecular weight is 813 g/mol. The molecule has 0 aromatic carbocycles. The molecular weight excluding hydrogens is 727 g/mol. The molecule has 0 amide bonds. The van der Waals surface area contributed by atoms with Crippen molar-refractivity contribution in [2.45, 2.75) is 226 Å². The summed E-state index contributed by atoms with van der Waals surface area (Å²) < 4.78 is 26.4. The third-order valence-corrected chi connectivity index (χ3v) is 10.8. The van der Waals surface area contributed by atoms with E-state index in [4.69, 9.17) is 19.3 Å². The first-order valence-corrected chi connectivity index (χ1v) is 24.3. The number of phosphoric ester groups is 1. The molecule has 3 N–H and O–H groups in total. The lowest BCUT2D eigenvalue weighted by Crippen LogP contribution is -2.29. The molecule has 0 aromatic heterocycles. The highest BCUT2D eigenvalue weighted by atomic mass is 31.2. The Balaban J connectivity index is 3.90. The number of carbonyl (C=O) groups is 2. The van der Waals surface area contributed by atoms with E-state index in [0.717, 1.165) is 63.7 Å². The molecule has 0 fully saturated rings. The van der Waals surface area contributed by atoms with Crippen LogP contribution in [-0.2, 0) is 28.2 Å². The first-order valence-electron chi connectivity index (χ1n) is 22.8. The third kappa shape index (κ3) is 41.9. The summed E-state index contributed by atoms with van der Waals surface area (Å²) in [6.45, 7) is 5.88. The van der Waals surface area contributed by atoms with Gasteiger partial charge in [-0.2, -0.15) is 0 Å². The Morgan fingerprint density at radius 3 is 1.54 bits per heavy atom. The van der Waals surface area contributed by atoms with Crippen LogP contribution in [0.4, 0.5) is 0 Å². The maximum atomic E-state index is 12.4. The van der Waals surface area contributed by atoms with Gasteiger partial charge >= 0.3 is 19.8 Å². The van der Waals surface area contributed by atoms with Crippen molar-refractivity contribution in [1.82, 2.24) is 0 Å². The van der Waals surface area contributed by atoms with E-state index in [0.29, 0.717) is 19.3 Å². The van der Waals surface area contributed by atoms with Crippen LogP contribution in [0.5, 0.6) is 0 Å². The number of phosphoric acid groups is 1. The molecule has 2 unspecified atom stereocenters. The Morgan fingerprint density at radius 2 is 1.05 bits per heavy atom. The number of hydrogen-bond donors (Lipinski definition) is 3. The summed E-state index contributed by atoms with van der Waals surface area (Å²) in [5.41, 5.74) is 0. The van der Waals surface area contributed by atoms with Gasteiger partial charge in [-0.3, -0.25) is 14.1 Å². The van der Waals surface area contributed by atoms with Gasteiger partial charge in [-0.1, -0.05) is 205 Å². The number of aliphatic hydroxyl groups is 1. The minimum absolute atomic E-state index is 0.194. The van der Waals surface area contributed by atoms with Crippen LogP contribution >= 0.6 is 7.82 Å². The highest BCUT2D eigenvalue weighted by molar-refractivity contribution is 7.46. The fourth-order valence-corrected chi connectivity index (χ4v) is 6.89. The molecule has 0 spiro atoms. The Hall–Kier alpha value is -1.77. The van der Waals surface area contributed by atoms with Crippen LogP contribution in [0.15, 0.2) is 36.5 Å². The summed E-state index contributed by atoms with van der Waals surface area (Å²) in [6.07, 6.45) is 43.2. The number of carbonyl (C=O) groups excluding carboxylic acids is 2. The van der Waals surface area contributed by atoms with E-state index in [9.17, 15) is 19.3 Å². The first kappa shape index (κ1) is 54.2. The van der Waals surface area contributed by atoms with Gasteiger partial charge in [0.2, 0.25) is 0 Å². The molecule has 56 heavy (non-hydrogen) atoms. The van der Waals surface area contributed by atoms with E-state index in [1.807, 2.05) is 18.2 Å². The van der Waals surface area contributed by atoms with Crippen LogP contribution in [0.1, 0.15) is 213 Å².